The predicted molar refractivity (Wildman–Crippen MR) is 80.9 cm³/mol. The van der Waals surface area contributed by atoms with E-state index in [9.17, 15) is 9.90 Å². The van der Waals surface area contributed by atoms with Gasteiger partial charge in [-0.05, 0) is 24.7 Å². The number of aliphatic hydroxyl groups is 1. The Morgan fingerprint density at radius 3 is 2.85 bits per heavy atom. The number of anilines is 2. The van der Waals surface area contributed by atoms with Crippen molar-refractivity contribution in [3.8, 4) is 0 Å². The third-order valence-corrected chi connectivity index (χ3v) is 4.31. The molecule has 1 aliphatic rings. The van der Waals surface area contributed by atoms with Crippen molar-refractivity contribution in [2.45, 2.75) is 32.8 Å². The van der Waals surface area contributed by atoms with Crippen LogP contribution in [-0.2, 0) is 0 Å². The van der Waals surface area contributed by atoms with Gasteiger partial charge in [-0.25, -0.2) is 4.98 Å². The molecular formula is C13H22N4O2S. The van der Waals surface area contributed by atoms with Gasteiger partial charge < -0.3 is 21.5 Å². The second-order valence-corrected chi connectivity index (χ2v) is 6.71. The third kappa shape index (κ3) is 3.83. The quantitative estimate of drug-likeness (QED) is 0.634. The van der Waals surface area contributed by atoms with E-state index >= 15 is 0 Å². The lowest BCUT2D eigenvalue weighted by Crippen LogP contribution is -2.38. The number of aromatic nitrogens is 1. The molecule has 0 aromatic carbocycles. The van der Waals surface area contributed by atoms with Gasteiger partial charge in [-0.3, -0.25) is 4.79 Å². The van der Waals surface area contributed by atoms with E-state index in [0.29, 0.717) is 28.4 Å². The van der Waals surface area contributed by atoms with Crippen LogP contribution in [0.2, 0.25) is 0 Å². The van der Waals surface area contributed by atoms with Crippen LogP contribution in [0, 0.1) is 11.8 Å². The van der Waals surface area contributed by atoms with Crippen LogP contribution in [0.3, 0.4) is 0 Å². The molecule has 1 aromatic rings. The van der Waals surface area contributed by atoms with Crippen molar-refractivity contribution in [3.05, 3.63) is 4.88 Å². The molecule has 0 bridgehead atoms. The van der Waals surface area contributed by atoms with Gasteiger partial charge in [0.2, 0.25) is 0 Å². The number of nitrogens with two attached hydrogens (primary N) is 1. The van der Waals surface area contributed by atoms with Gasteiger partial charge >= 0.3 is 0 Å². The zero-order valence-electron chi connectivity index (χ0n) is 11.8. The molecule has 0 atom stereocenters. The van der Waals surface area contributed by atoms with Crippen LogP contribution >= 0.6 is 11.3 Å². The molecule has 1 heterocycles. The summed E-state index contributed by atoms with van der Waals surface area (Å²) < 4.78 is 0. The molecule has 7 heteroatoms. The Hall–Kier alpha value is -1.34. The monoisotopic (exact) mass is 298 g/mol. The number of amides is 1. The maximum absolute atomic E-state index is 12.0. The van der Waals surface area contributed by atoms with Crippen molar-refractivity contribution in [1.29, 1.82) is 0 Å². The van der Waals surface area contributed by atoms with Crippen molar-refractivity contribution >= 4 is 28.2 Å². The Morgan fingerprint density at radius 2 is 2.25 bits per heavy atom. The topological polar surface area (TPSA) is 100 Å². The number of aliphatic hydroxyl groups excluding tert-OH is 1. The highest BCUT2D eigenvalue weighted by molar-refractivity contribution is 7.18. The molecule has 0 saturated heterocycles. The highest BCUT2D eigenvalue weighted by atomic mass is 32.1. The minimum absolute atomic E-state index is 0.181. The van der Waals surface area contributed by atoms with Crippen LogP contribution in [0.1, 0.15) is 36.4 Å². The summed E-state index contributed by atoms with van der Waals surface area (Å²) in [5.74, 6) is 0.968. The summed E-state index contributed by atoms with van der Waals surface area (Å²) in [6.07, 6.45) is 1.33. The first-order valence-electron chi connectivity index (χ1n) is 6.92. The number of nitrogens with one attached hydrogen (secondary N) is 2. The molecule has 0 spiro atoms. The normalized spacial score (nSPS) is 21.6. The van der Waals surface area contributed by atoms with E-state index in [0.717, 1.165) is 19.4 Å². The molecule has 1 fully saturated rings. The molecule has 1 aromatic heterocycles. The summed E-state index contributed by atoms with van der Waals surface area (Å²) in [7, 11) is 0. The largest absolute Gasteiger partial charge is 0.393 e. The van der Waals surface area contributed by atoms with Crippen LogP contribution in [-0.4, -0.2) is 35.2 Å². The molecule has 112 valence electrons. The molecule has 2 rings (SSSR count). The second-order valence-electron chi connectivity index (χ2n) is 5.71. The molecule has 6 nitrogen and oxygen atoms in total. The van der Waals surface area contributed by atoms with Gasteiger partial charge in [-0.15, -0.1) is 0 Å². The number of nitrogen functional groups attached to an aromatic ring is 1. The fourth-order valence-corrected chi connectivity index (χ4v) is 2.85. The average molecular weight is 298 g/mol. The number of thiazole rings is 1. The zero-order valence-corrected chi connectivity index (χ0v) is 12.7. The fourth-order valence-electron chi connectivity index (χ4n) is 2.05. The van der Waals surface area contributed by atoms with Crippen LogP contribution in [0.25, 0.3) is 0 Å². The summed E-state index contributed by atoms with van der Waals surface area (Å²) in [6.45, 7) is 5.59. The number of nitrogens with zero attached hydrogens (tertiary/aromatic N) is 1. The van der Waals surface area contributed by atoms with Gasteiger partial charge in [-0.2, -0.15) is 0 Å². The van der Waals surface area contributed by atoms with E-state index in [1.807, 2.05) is 0 Å². The van der Waals surface area contributed by atoms with E-state index < -0.39 is 0 Å². The minimum Gasteiger partial charge on any atom is -0.393 e. The molecule has 1 aliphatic carbocycles. The maximum Gasteiger partial charge on any atom is 0.265 e. The van der Waals surface area contributed by atoms with Gasteiger partial charge in [0.05, 0.1) is 6.10 Å². The molecule has 1 amide bonds. The van der Waals surface area contributed by atoms with Crippen LogP contribution in [0.15, 0.2) is 0 Å². The number of rotatable bonds is 6. The standard InChI is InChI=1S/C13H22N4O2S/c1-7(2)5-16-13-17-11(14)10(20-13)12(19)15-6-8-3-9(18)4-8/h7-9,18H,3-6,14H2,1-2H3,(H,15,19)(H,16,17). The Balaban J connectivity index is 1.85. The Labute approximate surface area is 122 Å². The van der Waals surface area contributed by atoms with E-state index in [2.05, 4.69) is 29.5 Å². The maximum atomic E-state index is 12.0. The van der Waals surface area contributed by atoms with Gasteiger partial charge in [0, 0.05) is 13.1 Å². The third-order valence-electron chi connectivity index (χ3n) is 3.28. The predicted octanol–water partition coefficient (Wildman–Crippen LogP) is 1.29. The zero-order chi connectivity index (χ0) is 14.7. The van der Waals surface area contributed by atoms with Crippen molar-refractivity contribution in [3.63, 3.8) is 0 Å². The summed E-state index contributed by atoms with van der Waals surface area (Å²) in [6, 6.07) is 0. The molecule has 1 saturated carbocycles. The first-order valence-corrected chi connectivity index (χ1v) is 7.73. The number of hydrogen-bond acceptors (Lipinski definition) is 6. The lowest BCUT2D eigenvalue weighted by atomic mass is 9.82. The Morgan fingerprint density at radius 1 is 1.55 bits per heavy atom. The van der Waals surface area contributed by atoms with Crippen molar-refractivity contribution in [1.82, 2.24) is 10.3 Å². The number of carbonyl (C=O) groups excluding carboxylic acids is 1. The van der Waals surface area contributed by atoms with E-state index in [1.165, 1.54) is 11.3 Å². The summed E-state index contributed by atoms with van der Waals surface area (Å²) in [5.41, 5.74) is 5.78. The molecular weight excluding hydrogens is 276 g/mol. The smallest absolute Gasteiger partial charge is 0.265 e. The summed E-state index contributed by atoms with van der Waals surface area (Å²) in [4.78, 5) is 16.6. The highest BCUT2D eigenvalue weighted by Crippen LogP contribution is 2.27. The summed E-state index contributed by atoms with van der Waals surface area (Å²) in [5, 5.41) is 15.9. The van der Waals surface area contributed by atoms with Gasteiger partial charge in [0.15, 0.2) is 5.13 Å². The van der Waals surface area contributed by atoms with E-state index in [-0.39, 0.29) is 17.8 Å². The number of carbonyl (C=O) groups is 1. The van der Waals surface area contributed by atoms with Crippen molar-refractivity contribution < 1.29 is 9.90 Å². The van der Waals surface area contributed by atoms with Crippen molar-refractivity contribution in [2.24, 2.45) is 11.8 Å². The second kappa shape index (κ2) is 6.41. The molecule has 20 heavy (non-hydrogen) atoms. The van der Waals surface area contributed by atoms with Gasteiger partial charge in [0.25, 0.3) is 5.91 Å². The summed E-state index contributed by atoms with van der Waals surface area (Å²) >= 11 is 1.28. The molecule has 5 N–H and O–H groups in total. The fraction of sp³-hybridized carbons (Fsp3) is 0.692. The van der Waals surface area contributed by atoms with E-state index in [1.54, 1.807) is 0 Å². The Kier molecular flexibility index (Phi) is 4.82. The van der Waals surface area contributed by atoms with Crippen molar-refractivity contribution in [2.75, 3.05) is 24.1 Å². The van der Waals surface area contributed by atoms with Gasteiger partial charge in [0.1, 0.15) is 10.7 Å². The number of hydrogen-bond donors (Lipinski definition) is 4. The SMILES string of the molecule is CC(C)CNc1nc(N)c(C(=O)NCC2CC(O)C2)s1. The first kappa shape index (κ1) is 15.1. The molecule has 0 unspecified atom stereocenters. The lowest BCUT2D eigenvalue weighted by Gasteiger charge is -2.31. The highest BCUT2D eigenvalue weighted by Gasteiger charge is 2.27. The Bertz CT molecular complexity index is 469. The molecule has 0 aliphatic heterocycles. The van der Waals surface area contributed by atoms with E-state index in [4.69, 9.17) is 5.73 Å². The average Bonchev–Trinajstić information content (AvgIpc) is 2.72. The molecule has 0 radical (unpaired) electrons. The van der Waals surface area contributed by atoms with Gasteiger partial charge in [-0.1, -0.05) is 25.2 Å². The van der Waals surface area contributed by atoms with Crippen LogP contribution in [0.4, 0.5) is 10.9 Å². The van der Waals surface area contributed by atoms with Crippen LogP contribution < -0.4 is 16.4 Å². The minimum atomic E-state index is -0.197. The first-order chi connectivity index (χ1) is 9.45. The lowest BCUT2D eigenvalue weighted by molar-refractivity contribution is 0.0420. The van der Waals surface area contributed by atoms with Crippen LogP contribution in [0.5, 0.6) is 0 Å².